The number of likely N-dealkylation sites (tertiary alicyclic amines) is 1. The molecule has 27 heavy (non-hydrogen) atoms. The van der Waals surface area contributed by atoms with E-state index < -0.39 is 0 Å². The Morgan fingerprint density at radius 3 is 2.78 bits per heavy atom. The van der Waals surface area contributed by atoms with Gasteiger partial charge in [0.2, 0.25) is 0 Å². The van der Waals surface area contributed by atoms with Crippen LogP contribution in [0.1, 0.15) is 40.5 Å². The smallest absolute Gasteiger partial charge is 0.257 e. The number of nitrogens with zero attached hydrogens (tertiary/aromatic N) is 6. The zero-order valence-electron chi connectivity index (χ0n) is 15.1. The highest BCUT2D eigenvalue weighted by Gasteiger charge is 2.28. The third-order valence-electron chi connectivity index (χ3n) is 5.46. The third-order valence-corrected chi connectivity index (χ3v) is 5.46. The Balaban J connectivity index is 1.36. The molecule has 1 aliphatic heterocycles. The summed E-state index contributed by atoms with van der Waals surface area (Å²) in [6.07, 6.45) is 7.34. The summed E-state index contributed by atoms with van der Waals surface area (Å²) in [5.74, 6) is 1.37. The third kappa shape index (κ3) is 2.58. The van der Waals surface area contributed by atoms with Gasteiger partial charge in [0.1, 0.15) is 5.82 Å². The predicted molar refractivity (Wildman–Crippen MR) is 101 cm³/mol. The lowest BCUT2D eigenvalue weighted by molar-refractivity contribution is 0.0713. The van der Waals surface area contributed by atoms with E-state index >= 15 is 0 Å². The first kappa shape index (κ1) is 16.0. The number of pyridine rings is 2. The van der Waals surface area contributed by atoms with E-state index in [1.165, 1.54) is 0 Å². The second-order valence-corrected chi connectivity index (χ2v) is 7.10. The zero-order valence-corrected chi connectivity index (χ0v) is 15.1. The van der Waals surface area contributed by atoms with E-state index in [2.05, 4.69) is 19.7 Å². The summed E-state index contributed by atoms with van der Waals surface area (Å²) in [4.78, 5) is 15.0. The zero-order chi connectivity index (χ0) is 18.4. The van der Waals surface area contributed by atoms with Crippen LogP contribution in [0.5, 0.6) is 0 Å². The molecule has 1 saturated heterocycles. The van der Waals surface area contributed by atoms with Crippen LogP contribution in [0.25, 0.3) is 11.2 Å². The minimum Gasteiger partial charge on any atom is -0.338 e. The van der Waals surface area contributed by atoms with Crippen LogP contribution >= 0.6 is 0 Å². The van der Waals surface area contributed by atoms with Crippen LogP contribution in [-0.2, 0) is 0 Å². The fourth-order valence-electron chi connectivity index (χ4n) is 4.02. The molecular formula is C20H20N6O. The number of amides is 1. The van der Waals surface area contributed by atoms with Crippen LogP contribution in [0.3, 0.4) is 0 Å². The molecule has 1 amide bonds. The van der Waals surface area contributed by atoms with E-state index in [-0.39, 0.29) is 5.91 Å². The molecule has 136 valence electrons. The van der Waals surface area contributed by atoms with E-state index in [1.807, 2.05) is 54.5 Å². The van der Waals surface area contributed by atoms with Gasteiger partial charge in [-0.25, -0.2) is 4.52 Å². The molecular weight excluding hydrogens is 340 g/mol. The summed E-state index contributed by atoms with van der Waals surface area (Å²) in [7, 11) is 0. The molecule has 4 aromatic rings. The fourth-order valence-corrected chi connectivity index (χ4v) is 4.02. The van der Waals surface area contributed by atoms with Crippen molar-refractivity contribution in [1.82, 2.24) is 29.1 Å². The summed E-state index contributed by atoms with van der Waals surface area (Å²) in [5, 5.41) is 13.0. The largest absolute Gasteiger partial charge is 0.338 e. The van der Waals surface area contributed by atoms with Crippen LogP contribution < -0.4 is 0 Å². The highest BCUT2D eigenvalue weighted by molar-refractivity contribution is 6.01. The second-order valence-electron chi connectivity index (χ2n) is 7.10. The summed E-state index contributed by atoms with van der Waals surface area (Å²) in [5.41, 5.74) is 3.50. The first-order valence-electron chi connectivity index (χ1n) is 9.24. The van der Waals surface area contributed by atoms with Crippen molar-refractivity contribution in [3.63, 3.8) is 0 Å². The number of aromatic nitrogens is 5. The maximum Gasteiger partial charge on any atom is 0.257 e. The van der Waals surface area contributed by atoms with E-state index in [4.69, 9.17) is 0 Å². The minimum atomic E-state index is 0.0591. The Bertz CT molecular complexity index is 1140. The number of hydrogen-bond acceptors (Lipinski definition) is 4. The van der Waals surface area contributed by atoms with E-state index in [0.717, 1.165) is 35.4 Å². The topological polar surface area (TPSA) is 67.8 Å². The first-order chi connectivity index (χ1) is 13.2. The van der Waals surface area contributed by atoms with Crippen LogP contribution in [-0.4, -0.2) is 48.1 Å². The fraction of sp³-hybridized carbons (Fsp3) is 0.300. The van der Waals surface area contributed by atoms with Gasteiger partial charge in [-0.05, 0) is 43.5 Å². The lowest BCUT2D eigenvalue weighted by atomic mass is 9.95. The highest BCUT2D eigenvalue weighted by Crippen LogP contribution is 2.28. The average Bonchev–Trinajstić information content (AvgIpc) is 3.33. The van der Waals surface area contributed by atoms with Crippen LogP contribution in [0.15, 0.2) is 48.9 Å². The molecule has 0 saturated carbocycles. The van der Waals surface area contributed by atoms with E-state index in [9.17, 15) is 4.79 Å². The molecule has 7 heteroatoms. The Morgan fingerprint density at radius 2 is 1.93 bits per heavy atom. The van der Waals surface area contributed by atoms with Gasteiger partial charge in [-0.15, -0.1) is 10.2 Å². The summed E-state index contributed by atoms with van der Waals surface area (Å²) >= 11 is 0. The monoisotopic (exact) mass is 360 g/mol. The molecule has 0 spiro atoms. The van der Waals surface area contributed by atoms with Gasteiger partial charge >= 0.3 is 0 Å². The van der Waals surface area contributed by atoms with Crippen molar-refractivity contribution in [2.75, 3.05) is 13.1 Å². The number of carbonyl (C=O) groups excluding carboxylic acids is 1. The number of piperidine rings is 1. The van der Waals surface area contributed by atoms with Crippen molar-refractivity contribution in [3.8, 4) is 0 Å². The Labute approximate surface area is 156 Å². The Kier molecular flexibility index (Phi) is 3.67. The molecule has 1 fully saturated rings. The number of rotatable bonds is 2. The van der Waals surface area contributed by atoms with Crippen molar-refractivity contribution in [3.05, 3.63) is 65.9 Å². The number of carbonyl (C=O) groups is 1. The molecule has 5 heterocycles. The Hall–Kier alpha value is -3.22. The van der Waals surface area contributed by atoms with Gasteiger partial charge in [0.15, 0.2) is 5.65 Å². The van der Waals surface area contributed by atoms with E-state index in [1.54, 1.807) is 10.7 Å². The van der Waals surface area contributed by atoms with Gasteiger partial charge in [-0.2, -0.15) is 5.10 Å². The summed E-state index contributed by atoms with van der Waals surface area (Å²) < 4.78 is 3.83. The molecule has 5 rings (SSSR count). The maximum absolute atomic E-state index is 13.1. The van der Waals surface area contributed by atoms with Gasteiger partial charge in [0, 0.05) is 31.4 Å². The Morgan fingerprint density at radius 1 is 1.07 bits per heavy atom. The van der Waals surface area contributed by atoms with Crippen molar-refractivity contribution >= 4 is 17.1 Å². The van der Waals surface area contributed by atoms with Gasteiger partial charge in [0.25, 0.3) is 5.91 Å². The predicted octanol–water partition coefficient (Wildman–Crippen LogP) is 2.71. The SMILES string of the molecule is Cc1cccn2ncc(C(=O)N3CCC(c4nnc5ccccn45)CC3)c12. The molecule has 4 aromatic heterocycles. The quantitative estimate of drug-likeness (QED) is 0.551. The average molecular weight is 360 g/mol. The molecule has 0 radical (unpaired) electrons. The highest BCUT2D eigenvalue weighted by atomic mass is 16.2. The standard InChI is InChI=1S/C20H20N6O/c1-14-5-4-10-26-18(14)16(13-21-26)20(27)24-11-7-15(8-12-24)19-23-22-17-6-2-3-9-25(17)19/h2-6,9-10,13,15H,7-8,11-12H2,1H3. The van der Waals surface area contributed by atoms with Gasteiger partial charge in [0.05, 0.1) is 17.3 Å². The summed E-state index contributed by atoms with van der Waals surface area (Å²) in [6.45, 7) is 3.44. The normalized spacial score (nSPS) is 15.7. The lowest BCUT2D eigenvalue weighted by Crippen LogP contribution is -2.38. The van der Waals surface area contributed by atoms with Gasteiger partial charge in [-0.3, -0.25) is 9.20 Å². The van der Waals surface area contributed by atoms with Crippen molar-refractivity contribution in [2.45, 2.75) is 25.7 Å². The van der Waals surface area contributed by atoms with Crippen molar-refractivity contribution in [1.29, 1.82) is 0 Å². The molecule has 1 aliphatic rings. The summed E-state index contributed by atoms with van der Waals surface area (Å²) in [6, 6.07) is 9.87. The number of hydrogen-bond donors (Lipinski definition) is 0. The van der Waals surface area contributed by atoms with Crippen LogP contribution in [0.4, 0.5) is 0 Å². The molecule has 0 unspecified atom stereocenters. The van der Waals surface area contributed by atoms with Gasteiger partial charge < -0.3 is 4.90 Å². The lowest BCUT2D eigenvalue weighted by Gasteiger charge is -2.31. The van der Waals surface area contributed by atoms with Gasteiger partial charge in [-0.1, -0.05) is 12.1 Å². The second kappa shape index (κ2) is 6.19. The minimum absolute atomic E-state index is 0.0591. The molecule has 7 nitrogen and oxygen atoms in total. The maximum atomic E-state index is 13.1. The molecule has 0 atom stereocenters. The van der Waals surface area contributed by atoms with Crippen LogP contribution in [0, 0.1) is 6.92 Å². The van der Waals surface area contributed by atoms with E-state index in [0.29, 0.717) is 24.6 Å². The number of fused-ring (bicyclic) bond motifs is 2. The molecule has 0 N–H and O–H groups in total. The molecule has 0 aromatic carbocycles. The first-order valence-corrected chi connectivity index (χ1v) is 9.24. The molecule has 0 bridgehead atoms. The van der Waals surface area contributed by atoms with Crippen LogP contribution in [0.2, 0.25) is 0 Å². The van der Waals surface area contributed by atoms with Crippen molar-refractivity contribution in [2.24, 2.45) is 0 Å². The van der Waals surface area contributed by atoms with Crippen molar-refractivity contribution < 1.29 is 4.79 Å². The molecule has 0 aliphatic carbocycles. The number of aryl methyl sites for hydroxylation is 1.